The van der Waals surface area contributed by atoms with Gasteiger partial charge in [0, 0.05) is 13.1 Å². The number of carbonyl (C=O) groups excluding carboxylic acids is 2. The molecule has 8 heteroatoms. The number of amides is 2. The SMILES string of the molecule is C[C@H]1COc2nc(C(=O)N3CCCCC3)c(Cc3ccc(F)cc3)cc2N1C(=O)CCl. The minimum absolute atomic E-state index is 0.142. The summed E-state index contributed by atoms with van der Waals surface area (Å²) in [6.07, 6.45) is 3.43. The summed E-state index contributed by atoms with van der Waals surface area (Å²) in [6, 6.07) is 7.74. The molecule has 3 heterocycles. The number of hydrogen-bond donors (Lipinski definition) is 0. The van der Waals surface area contributed by atoms with Crippen LogP contribution in [0.3, 0.4) is 0 Å². The van der Waals surface area contributed by atoms with Crippen LogP contribution in [-0.4, -0.2) is 53.3 Å². The predicted molar refractivity (Wildman–Crippen MR) is 116 cm³/mol. The van der Waals surface area contributed by atoms with Crippen molar-refractivity contribution in [3.05, 3.63) is 53.0 Å². The highest BCUT2D eigenvalue weighted by Crippen LogP contribution is 2.35. The van der Waals surface area contributed by atoms with Gasteiger partial charge in [-0.1, -0.05) is 12.1 Å². The Kier molecular flexibility index (Phi) is 6.41. The van der Waals surface area contributed by atoms with Crippen molar-refractivity contribution in [3.63, 3.8) is 0 Å². The Morgan fingerprint density at radius 3 is 2.58 bits per heavy atom. The molecular weight excluding hydrogens is 421 g/mol. The topological polar surface area (TPSA) is 62.7 Å². The van der Waals surface area contributed by atoms with Crippen LogP contribution in [0.25, 0.3) is 0 Å². The van der Waals surface area contributed by atoms with E-state index in [1.807, 2.05) is 11.8 Å². The Labute approximate surface area is 186 Å². The third-order valence-electron chi connectivity index (χ3n) is 5.75. The molecule has 1 saturated heterocycles. The molecule has 2 aliphatic heterocycles. The highest BCUT2D eigenvalue weighted by Gasteiger charge is 2.33. The smallest absolute Gasteiger partial charge is 0.272 e. The van der Waals surface area contributed by atoms with Crippen LogP contribution in [0.4, 0.5) is 10.1 Å². The minimum atomic E-state index is -0.321. The van der Waals surface area contributed by atoms with Crippen LogP contribution in [0.1, 0.15) is 47.8 Å². The number of pyridine rings is 1. The van der Waals surface area contributed by atoms with E-state index in [1.54, 1.807) is 23.1 Å². The summed E-state index contributed by atoms with van der Waals surface area (Å²) in [4.78, 5) is 33.8. The van der Waals surface area contributed by atoms with Crippen molar-refractivity contribution in [2.45, 2.75) is 38.6 Å². The summed E-state index contributed by atoms with van der Waals surface area (Å²) in [6.45, 7) is 3.54. The largest absolute Gasteiger partial charge is 0.474 e. The third-order valence-corrected chi connectivity index (χ3v) is 5.97. The number of piperidine rings is 1. The molecule has 6 nitrogen and oxygen atoms in total. The number of fused-ring (bicyclic) bond motifs is 1. The zero-order valence-electron chi connectivity index (χ0n) is 17.4. The first-order valence-electron chi connectivity index (χ1n) is 10.6. The lowest BCUT2D eigenvalue weighted by Gasteiger charge is -2.35. The van der Waals surface area contributed by atoms with Crippen molar-refractivity contribution in [2.24, 2.45) is 0 Å². The fourth-order valence-corrected chi connectivity index (χ4v) is 4.28. The van der Waals surface area contributed by atoms with E-state index in [0.717, 1.165) is 24.8 Å². The molecule has 31 heavy (non-hydrogen) atoms. The maximum atomic E-state index is 13.4. The summed E-state index contributed by atoms with van der Waals surface area (Å²) in [5.74, 6) is -0.607. The first kappa shape index (κ1) is 21.6. The van der Waals surface area contributed by atoms with Gasteiger partial charge in [0.05, 0.1) is 6.04 Å². The Balaban J connectivity index is 1.78. The molecule has 164 valence electrons. The number of halogens is 2. The molecule has 2 aromatic rings. The van der Waals surface area contributed by atoms with Crippen molar-refractivity contribution in [1.82, 2.24) is 9.88 Å². The van der Waals surface area contributed by atoms with Crippen LogP contribution in [-0.2, 0) is 11.2 Å². The summed E-state index contributed by atoms with van der Waals surface area (Å²) in [7, 11) is 0. The molecular formula is C23H25ClFN3O3. The van der Waals surface area contributed by atoms with Crippen molar-refractivity contribution in [3.8, 4) is 5.88 Å². The van der Waals surface area contributed by atoms with Gasteiger partial charge in [-0.15, -0.1) is 11.6 Å². The number of rotatable bonds is 4. The van der Waals surface area contributed by atoms with Gasteiger partial charge < -0.3 is 14.5 Å². The van der Waals surface area contributed by atoms with Crippen molar-refractivity contribution < 1.29 is 18.7 Å². The quantitative estimate of drug-likeness (QED) is 0.672. The Bertz CT molecular complexity index is 977. The number of likely N-dealkylation sites (tertiary alicyclic amines) is 1. The molecule has 0 N–H and O–H groups in total. The van der Waals surface area contributed by atoms with Crippen molar-refractivity contribution in [1.29, 1.82) is 0 Å². The Morgan fingerprint density at radius 1 is 1.19 bits per heavy atom. The second kappa shape index (κ2) is 9.22. The lowest BCUT2D eigenvalue weighted by molar-refractivity contribution is -0.117. The van der Waals surface area contributed by atoms with Crippen molar-refractivity contribution >= 4 is 29.1 Å². The first-order chi connectivity index (χ1) is 15.0. The van der Waals surface area contributed by atoms with E-state index in [-0.39, 0.29) is 42.0 Å². The highest BCUT2D eigenvalue weighted by molar-refractivity contribution is 6.29. The van der Waals surface area contributed by atoms with Crippen LogP contribution in [0.5, 0.6) is 5.88 Å². The fraction of sp³-hybridized carbons (Fsp3) is 0.435. The van der Waals surface area contributed by atoms with Crippen molar-refractivity contribution in [2.75, 3.05) is 30.5 Å². The van der Waals surface area contributed by atoms with Gasteiger partial charge in [-0.25, -0.2) is 9.37 Å². The van der Waals surface area contributed by atoms with E-state index in [2.05, 4.69) is 4.98 Å². The Morgan fingerprint density at radius 2 is 1.90 bits per heavy atom. The molecule has 1 atom stereocenters. The highest BCUT2D eigenvalue weighted by atomic mass is 35.5. The van der Waals surface area contributed by atoms with Gasteiger partial charge in [0.2, 0.25) is 11.8 Å². The van der Waals surface area contributed by atoms with Crippen LogP contribution in [0, 0.1) is 5.82 Å². The lowest BCUT2D eigenvalue weighted by atomic mass is 10.0. The Hall–Kier alpha value is -2.67. The summed E-state index contributed by atoms with van der Waals surface area (Å²) >= 11 is 5.84. The van der Waals surface area contributed by atoms with E-state index >= 15 is 0 Å². The van der Waals surface area contributed by atoms with E-state index in [0.29, 0.717) is 36.5 Å². The molecule has 1 aromatic carbocycles. The molecule has 2 aliphatic rings. The molecule has 2 amide bonds. The number of benzene rings is 1. The van der Waals surface area contributed by atoms with Gasteiger partial charge in [0.1, 0.15) is 29.7 Å². The van der Waals surface area contributed by atoms with Gasteiger partial charge in [-0.05, 0) is 61.9 Å². The zero-order valence-corrected chi connectivity index (χ0v) is 18.2. The molecule has 0 unspecified atom stereocenters. The average molecular weight is 446 g/mol. The van der Waals surface area contributed by atoms with E-state index in [1.165, 1.54) is 12.1 Å². The fourth-order valence-electron chi connectivity index (χ4n) is 4.15. The minimum Gasteiger partial charge on any atom is -0.474 e. The molecule has 0 bridgehead atoms. The summed E-state index contributed by atoms with van der Waals surface area (Å²) < 4.78 is 19.2. The van der Waals surface area contributed by atoms with Gasteiger partial charge >= 0.3 is 0 Å². The number of ether oxygens (including phenoxy) is 1. The number of alkyl halides is 1. The summed E-state index contributed by atoms with van der Waals surface area (Å²) in [5, 5.41) is 0. The van der Waals surface area contributed by atoms with E-state index in [4.69, 9.17) is 16.3 Å². The normalized spacial score (nSPS) is 18.4. The molecule has 1 aromatic heterocycles. The molecule has 0 radical (unpaired) electrons. The molecule has 1 fully saturated rings. The number of hydrogen-bond acceptors (Lipinski definition) is 4. The molecule has 0 spiro atoms. The monoisotopic (exact) mass is 445 g/mol. The maximum absolute atomic E-state index is 13.4. The van der Waals surface area contributed by atoms with Gasteiger partial charge in [-0.3, -0.25) is 9.59 Å². The van der Waals surface area contributed by atoms with Gasteiger partial charge in [-0.2, -0.15) is 0 Å². The predicted octanol–water partition coefficient (Wildman–Crippen LogP) is 3.79. The van der Waals surface area contributed by atoms with Crippen LogP contribution in [0.2, 0.25) is 0 Å². The standard InChI is InChI=1S/C23H25ClFN3O3/c1-15-14-31-22-19(28(15)20(29)13-24)12-17(11-16-5-7-18(25)8-6-16)21(26-22)23(30)27-9-3-2-4-10-27/h5-8,12,15H,2-4,9-11,13-14H2,1H3/t15-/m0/s1. The van der Waals surface area contributed by atoms with Gasteiger partial charge in [0.25, 0.3) is 5.91 Å². The number of aromatic nitrogens is 1. The summed E-state index contributed by atoms with van der Waals surface area (Å²) in [5.41, 5.74) is 2.34. The van der Waals surface area contributed by atoms with E-state index < -0.39 is 0 Å². The number of anilines is 1. The molecule has 0 aliphatic carbocycles. The molecule has 0 saturated carbocycles. The maximum Gasteiger partial charge on any atom is 0.272 e. The molecule has 4 rings (SSSR count). The lowest BCUT2D eigenvalue weighted by Crippen LogP contribution is -2.46. The second-order valence-electron chi connectivity index (χ2n) is 8.03. The van der Waals surface area contributed by atoms with Crippen LogP contribution in [0.15, 0.2) is 30.3 Å². The van der Waals surface area contributed by atoms with Crippen LogP contribution < -0.4 is 9.64 Å². The average Bonchev–Trinajstić information content (AvgIpc) is 2.80. The second-order valence-corrected chi connectivity index (χ2v) is 8.30. The first-order valence-corrected chi connectivity index (χ1v) is 11.1. The number of nitrogens with zero attached hydrogens (tertiary/aromatic N) is 3. The van der Waals surface area contributed by atoms with E-state index in [9.17, 15) is 14.0 Å². The van der Waals surface area contributed by atoms with Crippen LogP contribution >= 0.6 is 11.6 Å². The zero-order chi connectivity index (χ0) is 22.0. The van der Waals surface area contributed by atoms with Gasteiger partial charge in [0.15, 0.2) is 0 Å². The number of carbonyl (C=O) groups is 2. The third kappa shape index (κ3) is 4.51.